The maximum Gasteiger partial charge on any atom is 0.238 e. The number of aromatic nitrogens is 3. The molecule has 4 rings (SSSR count). The van der Waals surface area contributed by atoms with E-state index in [1.54, 1.807) is 35.3 Å². The third-order valence-corrected chi connectivity index (χ3v) is 8.19. The van der Waals surface area contributed by atoms with Crippen molar-refractivity contribution in [2.24, 2.45) is 0 Å². The third-order valence-electron chi connectivity index (χ3n) is 5.69. The van der Waals surface area contributed by atoms with Crippen molar-refractivity contribution in [3.8, 4) is 0 Å². The molecule has 10 heteroatoms. The van der Waals surface area contributed by atoms with Crippen LogP contribution >= 0.6 is 35.3 Å². The zero-order valence-corrected chi connectivity index (χ0v) is 21.9. The molecular formula is C23H30N6OS3. The number of rotatable bonds is 8. The lowest BCUT2D eigenvalue weighted by Gasteiger charge is -2.37. The first-order valence-corrected chi connectivity index (χ1v) is 14.3. The number of thioether (sulfide) groups is 3. The highest BCUT2D eigenvalue weighted by Crippen LogP contribution is 2.33. The van der Waals surface area contributed by atoms with E-state index in [9.17, 15) is 4.79 Å². The van der Waals surface area contributed by atoms with E-state index in [4.69, 9.17) is 0 Å². The predicted molar refractivity (Wildman–Crippen MR) is 141 cm³/mol. The van der Waals surface area contributed by atoms with Gasteiger partial charge in [-0.05, 0) is 44.6 Å². The summed E-state index contributed by atoms with van der Waals surface area (Å²) in [5, 5.41) is 5.25. The molecule has 3 aromatic rings. The van der Waals surface area contributed by atoms with Gasteiger partial charge in [0, 0.05) is 36.8 Å². The second kappa shape index (κ2) is 11.1. The Kier molecular flexibility index (Phi) is 8.24. The van der Waals surface area contributed by atoms with Gasteiger partial charge in [-0.15, -0.1) is 23.5 Å². The van der Waals surface area contributed by atoms with Crippen molar-refractivity contribution >= 4 is 57.9 Å². The van der Waals surface area contributed by atoms with Gasteiger partial charge in [0.15, 0.2) is 5.16 Å². The van der Waals surface area contributed by atoms with Crippen LogP contribution in [0, 0.1) is 6.92 Å². The molecule has 1 aromatic carbocycles. The van der Waals surface area contributed by atoms with Crippen molar-refractivity contribution in [1.29, 1.82) is 0 Å². The fraction of sp³-hybridized carbons (Fsp3) is 0.435. The monoisotopic (exact) mass is 502 g/mol. The summed E-state index contributed by atoms with van der Waals surface area (Å²) in [7, 11) is 0. The Morgan fingerprint density at radius 2 is 1.91 bits per heavy atom. The van der Waals surface area contributed by atoms with Crippen molar-refractivity contribution in [2.45, 2.75) is 34.3 Å². The van der Waals surface area contributed by atoms with Crippen molar-refractivity contribution < 1.29 is 4.79 Å². The first-order valence-electron chi connectivity index (χ1n) is 10.9. The molecule has 0 aliphatic carbocycles. The second-order valence-electron chi connectivity index (χ2n) is 7.99. The van der Waals surface area contributed by atoms with Gasteiger partial charge in [-0.25, -0.2) is 9.97 Å². The van der Waals surface area contributed by atoms with E-state index in [-0.39, 0.29) is 5.91 Å². The number of imidazole rings is 1. The molecule has 2 N–H and O–H groups in total. The number of nitrogens with one attached hydrogen (secondary N) is 2. The van der Waals surface area contributed by atoms with Crippen LogP contribution in [-0.4, -0.2) is 81.3 Å². The Labute approximate surface area is 207 Å². The molecular weight excluding hydrogens is 472 g/mol. The van der Waals surface area contributed by atoms with Gasteiger partial charge in [-0.2, -0.15) is 0 Å². The summed E-state index contributed by atoms with van der Waals surface area (Å²) in [6, 6.07) is 10.1. The molecule has 33 heavy (non-hydrogen) atoms. The summed E-state index contributed by atoms with van der Waals surface area (Å²) in [4.78, 5) is 31.2. The van der Waals surface area contributed by atoms with E-state index in [2.05, 4.69) is 43.1 Å². The summed E-state index contributed by atoms with van der Waals surface area (Å²) in [6.07, 6.45) is 4.02. The quantitative estimate of drug-likeness (QED) is 0.439. The highest BCUT2D eigenvalue weighted by Gasteiger charge is 2.24. The Morgan fingerprint density at radius 1 is 1.15 bits per heavy atom. The minimum absolute atomic E-state index is 0.0180. The molecule has 0 bridgehead atoms. The van der Waals surface area contributed by atoms with Gasteiger partial charge in [0.1, 0.15) is 5.03 Å². The lowest BCUT2D eigenvalue weighted by Crippen LogP contribution is -2.50. The predicted octanol–water partition coefficient (Wildman–Crippen LogP) is 4.40. The molecule has 0 saturated carbocycles. The lowest BCUT2D eigenvalue weighted by atomic mass is 10.3. The van der Waals surface area contributed by atoms with Gasteiger partial charge >= 0.3 is 0 Å². The standard InChI is InChI=1S/C23H30N6OS3/c1-15-13-19(31-3)21(22(24-15)32-4)27-20(30)14-28-9-11-29(12-10-28)16(2)33-23-25-17-7-5-6-8-18(17)26-23/h5-8,13,16H,9-12,14H2,1-4H3,(H,25,26)(H,27,30). The van der Waals surface area contributed by atoms with Crippen LogP contribution < -0.4 is 5.32 Å². The van der Waals surface area contributed by atoms with Crippen LogP contribution in [0.1, 0.15) is 12.6 Å². The topological polar surface area (TPSA) is 77.2 Å². The third kappa shape index (κ3) is 6.05. The molecule has 1 amide bonds. The average molecular weight is 503 g/mol. The van der Waals surface area contributed by atoms with Gasteiger partial charge in [0.2, 0.25) is 5.91 Å². The average Bonchev–Trinajstić information content (AvgIpc) is 3.22. The van der Waals surface area contributed by atoms with E-state index in [1.165, 1.54) is 0 Å². The first-order chi connectivity index (χ1) is 16.0. The van der Waals surface area contributed by atoms with E-state index in [0.717, 1.165) is 63.7 Å². The van der Waals surface area contributed by atoms with Gasteiger partial charge in [0.25, 0.3) is 0 Å². The molecule has 176 valence electrons. The highest BCUT2D eigenvalue weighted by atomic mass is 32.2. The van der Waals surface area contributed by atoms with Crippen LogP contribution in [0.25, 0.3) is 11.0 Å². The van der Waals surface area contributed by atoms with E-state index < -0.39 is 0 Å². The number of nitrogens with zero attached hydrogens (tertiary/aromatic N) is 4. The number of carbonyl (C=O) groups is 1. The molecule has 2 aromatic heterocycles. The number of H-pyrrole nitrogens is 1. The van der Waals surface area contributed by atoms with Crippen molar-refractivity contribution in [3.05, 3.63) is 36.0 Å². The Balaban J connectivity index is 1.29. The number of hydrogen-bond donors (Lipinski definition) is 2. The largest absolute Gasteiger partial charge is 0.333 e. The van der Waals surface area contributed by atoms with Gasteiger partial charge in [0.05, 0.1) is 28.6 Å². The number of fused-ring (bicyclic) bond motifs is 1. The highest BCUT2D eigenvalue weighted by molar-refractivity contribution is 8.00. The lowest BCUT2D eigenvalue weighted by molar-refractivity contribution is -0.117. The zero-order chi connectivity index (χ0) is 23.4. The number of pyridine rings is 1. The minimum atomic E-state index is 0.0180. The molecule has 1 aliphatic heterocycles. The normalized spacial score (nSPS) is 16.2. The van der Waals surface area contributed by atoms with Crippen LogP contribution in [0.15, 0.2) is 45.4 Å². The number of benzene rings is 1. The van der Waals surface area contributed by atoms with Crippen LogP contribution in [0.4, 0.5) is 5.69 Å². The number of piperazine rings is 1. The zero-order valence-electron chi connectivity index (χ0n) is 19.4. The molecule has 1 atom stereocenters. The van der Waals surface area contributed by atoms with Gasteiger partial charge in [-0.3, -0.25) is 14.6 Å². The van der Waals surface area contributed by atoms with E-state index in [1.807, 2.05) is 43.7 Å². The number of hydrogen-bond acceptors (Lipinski definition) is 8. The maximum absolute atomic E-state index is 12.8. The van der Waals surface area contributed by atoms with Gasteiger partial charge in [-0.1, -0.05) is 23.9 Å². The van der Waals surface area contributed by atoms with Crippen molar-refractivity contribution in [3.63, 3.8) is 0 Å². The Bertz CT molecular complexity index is 1050. The fourth-order valence-corrected chi connectivity index (χ4v) is 6.24. The Hall–Kier alpha value is -1.72. The van der Waals surface area contributed by atoms with E-state index in [0.29, 0.717) is 11.9 Å². The smallest absolute Gasteiger partial charge is 0.238 e. The molecule has 3 heterocycles. The molecule has 1 aliphatic rings. The maximum atomic E-state index is 12.8. The number of aromatic amines is 1. The number of aryl methyl sites for hydroxylation is 1. The molecule has 7 nitrogen and oxygen atoms in total. The SMILES string of the molecule is CSc1cc(C)nc(SC)c1NC(=O)CN1CCN(C(C)Sc2nc3ccccc3[nH]2)CC1. The number of anilines is 1. The number of amides is 1. The van der Waals surface area contributed by atoms with Crippen molar-refractivity contribution in [2.75, 3.05) is 50.6 Å². The summed E-state index contributed by atoms with van der Waals surface area (Å²) in [5.41, 5.74) is 3.87. The Morgan fingerprint density at radius 3 is 2.61 bits per heavy atom. The molecule has 0 spiro atoms. The van der Waals surface area contributed by atoms with E-state index >= 15 is 0 Å². The summed E-state index contributed by atoms with van der Waals surface area (Å²) in [5.74, 6) is 0.0180. The number of carbonyl (C=O) groups excluding carboxylic acids is 1. The fourth-order valence-electron chi connectivity index (χ4n) is 3.93. The van der Waals surface area contributed by atoms with Crippen LogP contribution in [0.5, 0.6) is 0 Å². The molecule has 1 unspecified atom stereocenters. The van der Waals surface area contributed by atoms with Gasteiger partial charge < -0.3 is 10.3 Å². The number of para-hydroxylation sites is 2. The van der Waals surface area contributed by atoms with Crippen LogP contribution in [0.2, 0.25) is 0 Å². The molecule has 1 saturated heterocycles. The van der Waals surface area contributed by atoms with Crippen molar-refractivity contribution in [1.82, 2.24) is 24.8 Å². The summed E-state index contributed by atoms with van der Waals surface area (Å²) >= 11 is 4.95. The summed E-state index contributed by atoms with van der Waals surface area (Å²) in [6.45, 7) is 8.20. The minimum Gasteiger partial charge on any atom is -0.333 e. The van der Waals surface area contributed by atoms with Crippen LogP contribution in [0.3, 0.4) is 0 Å². The summed E-state index contributed by atoms with van der Waals surface area (Å²) < 4.78 is 0. The second-order valence-corrected chi connectivity index (χ2v) is 10.9. The molecule has 0 radical (unpaired) electrons. The first kappa shape index (κ1) is 24.4. The van der Waals surface area contributed by atoms with Crippen LogP contribution in [-0.2, 0) is 4.79 Å². The molecule has 1 fully saturated rings.